The minimum Gasteiger partial charge on any atom is -0.507 e. The third kappa shape index (κ3) is 3.58. The Morgan fingerprint density at radius 1 is 1.24 bits per heavy atom. The molecule has 0 aromatic heterocycles. The largest absolute Gasteiger partial charge is 0.507 e. The van der Waals surface area contributed by atoms with Gasteiger partial charge in [-0.15, -0.1) is 0 Å². The number of phenols is 1. The predicted molar refractivity (Wildman–Crippen MR) is 78.0 cm³/mol. The van der Waals surface area contributed by atoms with E-state index in [1.807, 2.05) is 24.3 Å². The van der Waals surface area contributed by atoms with Crippen LogP contribution in [0.15, 0.2) is 40.9 Å². The molecule has 0 bridgehead atoms. The topological polar surface area (TPSA) is 40.5 Å². The van der Waals surface area contributed by atoms with Crippen LogP contribution in [0.25, 0.3) is 0 Å². The predicted octanol–water partition coefficient (Wildman–Crippen LogP) is 3.71. The number of hydrogen-bond donors (Lipinski definition) is 1. The van der Waals surface area contributed by atoms with Crippen molar-refractivity contribution in [3.8, 4) is 5.75 Å². The smallest absolute Gasteiger partial charge is 0.260 e. The van der Waals surface area contributed by atoms with Crippen LogP contribution in [0.1, 0.15) is 15.9 Å². The second-order valence-corrected chi connectivity index (χ2v) is 5.49. The summed E-state index contributed by atoms with van der Waals surface area (Å²) < 4.78 is 27.5. The Bertz CT molecular complexity index is 651. The van der Waals surface area contributed by atoms with Gasteiger partial charge in [0, 0.05) is 30.2 Å². The maximum Gasteiger partial charge on any atom is 0.260 e. The zero-order chi connectivity index (χ0) is 15.6. The highest BCUT2D eigenvalue weighted by Gasteiger charge is 2.21. The Morgan fingerprint density at radius 2 is 1.86 bits per heavy atom. The Labute approximate surface area is 128 Å². The summed E-state index contributed by atoms with van der Waals surface area (Å²) in [4.78, 5) is 13.4. The Morgan fingerprint density at radius 3 is 2.43 bits per heavy atom. The summed E-state index contributed by atoms with van der Waals surface area (Å²) in [5.41, 5.74) is 0.312. The van der Waals surface area contributed by atoms with Gasteiger partial charge in [-0.25, -0.2) is 8.78 Å². The minimum absolute atomic E-state index is 0.238. The average Bonchev–Trinajstić information content (AvgIpc) is 2.40. The Hall–Kier alpha value is -1.95. The molecule has 2 aromatic rings. The van der Waals surface area contributed by atoms with Crippen LogP contribution in [0, 0.1) is 11.6 Å². The first kappa shape index (κ1) is 15.4. The molecule has 0 atom stereocenters. The number of amides is 1. The van der Waals surface area contributed by atoms with Crippen LogP contribution in [0.2, 0.25) is 0 Å². The van der Waals surface area contributed by atoms with Crippen LogP contribution in [-0.4, -0.2) is 23.0 Å². The van der Waals surface area contributed by atoms with E-state index < -0.39 is 28.9 Å². The number of hydrogen-bond acceptors (Lipinski definition) is 2. The molecular formula is C15H12BrF2NO2. The third-order valence-corrected chi connectivity index (χ3v) is 3.46. The van der Waals surface area contributed by atoms with Gasteiger partial charge in [-0.3, -0.25) is 4.79 Å². The molecule has 21 heavy (non-hydrogen) atoms. The molecule has 0 fully saturated rings. The summed E-state index contributed by atoms with van der Waals surface area (Å²) in [7, 11) is 1.48. The molecular weight excluding hydrogens is 344 g/mol. The monoisotopic (exact) mass is 355 g/mol. The van der Waals surface area contributed by atoms with Gasteiger partial charge in [0.05, 0.1) is 0 Å². The quantitative estimate of drug-likeness (QED) is 0.911. The number of halogens is 3. The maximum atomic E-state index is 13.7. The molecule has 0 aliphatic rings. The third-order valence-electron chi connectivity index (χ3n) is 2.93. The lowest BCUT2D eigenvalue weighted by atomic mass is 10.1. The summed E-state index contributed by atoms with van der Waals surface area (Å²) in [6, 6.07) is 8.56. The van der Waals surface area contributed by atoms with Crippen molar-refractivity contribution >= 4 is 21.8 Å². The highest BCUT2D eigenvalue weighted by Crippen LogP contribution is 2.24. The molecule has 2 aromatic carbocycles. The molecule has 0 radical (unpaired) electrons. The minimum atomic E-state index is -1.08. The van der Waals surface area contributed by atoms with Crippen LogP contribution in [0.5, 0.6) is 5.75 Å². The number of phenolic OH excluding ortho intramolecular Hbond substituents is 1. The molecule has 0 saturated heterocycles. The van der Waals surface area contributed by atoms with Crippen LogP contribution in [-0.2, 0) is 6.54 Å². The summed E-state index contributed by atoms with van der Waals surface area (Å²) >= 11 is 3.30. The van der Waals surface area contributed by atoms with Gasteiger partial charge in [0.2, 0.25) is 0 Å². The van der Waals surface area contributed by atoms with Crippen molar-refractivity contribution in [3.05, 3.63) is 63.6 Å². The van der Waals surface area contributed by atoms with Crippen molar-refractivity contribution in [1.82, 2.24) is 4.90 Å². The van der Waals surface area contributed by atoms with Gasteiger partial charge in [-0.1, -0.05) is 28.1 Å². The fourth-order valence-corrected chi connectivity index (χ4v) is 2.16. The first-order valence-electron chi connectivity index (χ1n) is 6.06. The number of benzene rings is 2. The van der Waals surface area contributed by atoms with Crippen molar-refractivity contribution < 1.29 is 18.7 Å². The molecule has 0 saturated carbocycles. The van der Waals surface area contributed by atoms with Crippen molar-refractivity contribution in [3.63, 3.8) is 0 Å². The summed E-state index contributed by atoms with van der Waals surface area (Å²) in [5, 5.41) is 9.56. The molecule has 0 aliphatic heterocycles. The van der Waals surface area contributed by atoms with Gasteiger partial charge in [-0.2, -0.15) is 0 Å². The number of aromatic hydroxyl groups is 1. The molecule has 0 spiro atoms. The molecule has 2 rings (SSSR count). The molecule has 0 heterocycles. The van der Waals surface area contributed by atoms with E-state index in [1.165, 1.54) is 11.9 Å². The first-order chi connectivity index (χ1) is 9.88. The van der Waals surface area contributed by atoms with Gasteiger partial charge in [0.1, 0.15) is 22.9 Å². The van der Waals surface area contributed by atoms with Gasteiger partial charge < -0.3 is 10.0 Å². The second-order valence-electron chi connectivity index (χ2n) is 4.57. The van der Waals surface area contributed by atoms with Crippen LogP contribution in [0.3, 0.4) is 0 Å². The SMILES string of the molecule is CN(Cc1ccc(Br)cc1)C(=O)c1c(O)cc(F)cc1F. The highest BCUT2D eigenvalue weighted by molar-refractivity contribution is 9.10. The van der Waals surface area contributed by atoms with E-state index in [9.17, 15) is 18.7 Å². The second kappa shape index (κ2) is 6.22. The Kier molecular flexibility index (Phi) is 4.57. The van der Waals surface area contributed by atoms with Crippen LogP contribution in [0.4, 0.5) is 8.78 Å². The van der Waals surface area contributed by atoms with Gasteiger partial charge >= 0.3 is 0 Å². The highest BCUT2D eigenvalue weighted by atomic mass is 79.9. The standard InChI is InChI=1S/C15H12BrF2NO2/c1-19(8-9-2-4-10(16)5-3-9)15(21)14-12(18)6-11(17)7-13(14)20/h2-7,20H,8H2,1H3. The zero-order valence-corrected chi connectivity index (χ0v) is 12.7. The molecule has 6 heteroatoms. The molecule has 110 valence electrons. The lowest BCUT2D eigenvalue weighted by molar-refractivity contribution is 0.0777. The van der Waals surface area contributed by atoms with Gasteiger partial charge in [-0.05, 0) is 17.7 Å². The van der Waals surface area contributed by atoms with Crippen molar-refractivity contribution in [2.75, 3.05) is 7.05 Å². The normalized spacial score (nSPS) is 10.5. The van der Waals surface area contributed by atoms with E-state index in [0.29, 0.717) is 12.1 Å². The molecule has 1 N–H and O–H groups in total. The van der Waals surface area contributed by atoms with E-state index in [4.69, 9.17) is 0 Å². The number of nitrogens with zero attached hydrogens (tertiary/aromatic N) is 1. The van der Waals surface area contributed by atoms with Gasteiger partial charge in [0.25, 0.3) is 5.91 Å². The molecule has 0 unspecified atom stereocenters. The Balaban J connectivity index is 2.22. The lowest BCUT2D eigenvalue weighted by Crippen LogP contribution is -2.27. The van der Waals surface area contributed by atoms with Crippen LogP contribution >= 0.6 is 15.9 Å². The zero-order valence-electron chi connectivity index (χ0n) is 11.1. The fourth-order valence-electron chi connectivity index (χ4n) is 1.90. The summed E-state index contributed by atoms with van der Waals surface area (Å²) in [6.07, 6.45) is 0. The van der Waals surface area contributed by atoms with Crippen molar-refractivity contribution in [2.24, 2.45) is 0 Å². The first-order valence-corrected chi connectivity index (χ1v) is 6.85. The van der Waals surface area contributed by atoms with E-state index in [1.54, 1.807) is 0 Å². The summed E-state index contributed by atoms with van der Waals surface area (Å²) in [5.74, 6) is -3.44. The van der Waals surface area contributed by atoms with E-state index >= 15 is 0 Å². The molecule has 3 nitrogen and oxygen atoms in total. The molecule has 0 aliphatic carbocycles. The number of rotatable bonds is 3. The van der Waals surface area contributed by atoms with Crippen molar-refractivity contribution in [2.45, 2.75) is 6.54 Å². The van der Waals surface area contributed by atoms with Crippen molar-refractivity contribution in [1.29, 1.82) is 0 Å². The van der Waals surface area contributed by atoms with E-state index in [0.717, 1.165) is 10.0 Å². The number of carbonyl (C=O) groups excluding carboxylic acids is 1. The van der Waals surface area contributed by atoms with E-state index in [-0.39, 0.29) is 6.54 Å². The fraction of sp³-hybridized carbons (Fsp3) is 0.133. The summed E-state index contributed by atoms with van der Waals surface area (Å²) in [6.45, 7) is 0.238. The van der Waals surface area contributed by atoms with E-state index in [2.05, 4.69) is 15.9 Å². The number of carbonyl (C=O) groups is 1. The maximum absolute atomic E-state index is 13.7. The lowest BCUT2D eigenvalue weighted by Gasteiger charge is -2.18. The van der Waals surface area contributed by atoms with Gasteiger partial charge in [0.15, 0.2) is 0 Å². The average molecular weight is 356 g/mol. The van der Waals surface area contributed by atoms with Crippen LogP contribution < -0.4 is 0 Å². The molecule has 1 amide bonds.